The molecule has 27 heavy (non-hydrogen) atoms. The van der Waals surface area contributed by atoms with Gasteiger partial charge in [-0.2, -0.15) is 0 Å². The number of aromatic nitrogens is 1. The predicted octanol–water partition coefficient (Wildman–Crippen LogP) is 4.50. The average molecular weight is 385 g/mol. The van der Waals surface area contributed by atoms with E-state index in [1.54, 1.807) is 6.07 Å². The summed E-state index contributed by atoms with van der Waals surface area (Å²) in [5.41, 5.74) is 1.87. The first-order valence-electron chi connectivity index (χ1n) is 8.94. The highest BCUT2D eigenvalue weighted by molar-refractivity contribution is 6.40. The topological polar surface area (TPSA) is 68.3 Å². The van der Waals surface area contributed by atoms with Crippen LogP contribution in [0.5, 0.6) is 0 Å². The van der Waals surface area contributed by atoms with E-state index in [-0.39, 0.29) is 11.9 Å². The normalized spacial score (nSPS) is 10.9. The average Bonchev–Trinajstić information content (AvgIpc) is 2.70. The molecule has 2 aromatic carbocycles. The van der Waals surface area contributed by atoms with Gasteiger partial charge < -0.3 is 10.1 Å². The maximum Gasteiger partial charge on any atom is 0.305 e. The fourth-order valence-electron chi connectivity index (χ4n) is 3.02. The van der Waals surface area contributed by atoms with Crippen molar-refractivity contribution in [2.24, 2.45) is 0 Å². The van der Waals surface area contributed by atoms with Crippen molar-refractivity contribution in [3.05, 3.63) is 53.1 Å². The van der Waals surface area contributed by atoms with Crippen LogP contribution in [0.3, 0.4) is 0 Å². The van der Waals surface area contributed by atoms with Gasteiger partial charge in [-0.15, -0.1) is 0 Å². The number of hydrogen-bond acceptors (Lipinski definition) is 4. The van der Waals surface area contributed by atoms with E-state index in [2.05, 4.69) is 15.0 Å². The summed E-state index contributed by atoms with van der Waals surface area (Å²) < 4.78 is 4.61. The molecule has 0 bridgehead atoms. The molecule has 3 aromatic rings. The molecule has 1 amide bonds. The van der Waals surface area contributed by atoms with Crippen molar-refractivity contribution in [2.75, 3.05) is 13.7 Å². The highest BCUT2D eigenvalue weighted by Crippen LogP contribution is 2.31. The number of nitrogens with one attached hydrogen (secondary N) is 1. The van der Waals surface area contributed by atoms with Crippen molar-refractivity contribution >= 4 is 45.3 Å². The minimum atomic E-state index is -0.204. The third-order valence-electron chi connectivity index (χ3n) is 4.46. The number of esters is 1. The third kappa shape index (κ3) is 4.37. The summed E-state index contributed by atoms with van der Waals surface area (Å²) in [7, 11) is 1.39. The number of pyridine rings is 1. The minimum Gasteiger partial charge on any atom is -0.469 e. The van der Waals surface area contributed by atoms with E-state index in [0.717, 1.165) is 35.6 Å². The third-order valence-corrected chi connectivity index (χ3v) is 4.87. The molecule has 5 nitrogen and oxygen atoms in total. The van der Waals surface area contributed by atoms with Crippen LogP contribution in [-0.2, 0) is 9.53 Å². The summed E-state index contributed by atoms with van der Waals surface area (Å²) in [5, 5.41) is 5.16. The predicted molar refractivity (Wildman–Crippen MR) is 107 cm³/mol. The van der Waals surface area contributed by atoms with Crippen LogP contribution in [0, 0.1) is 0 Å². The van der Waals surface area contributed by atoms with Gasteiger partial charge in [0.1, 0.15) is 0 Å². The van der Waals surface area contributed by atoms with Crippen molar-refractivity contribution in [3.63, 3.8) is 0 Å². The fourth-order valence-corrected chi connectivity index (χ4v) is 3.33. The van der Waals surface area contributed by atoms with Crippen LogP contribution >= 0.6 is 11.6 Å². The number of methoxy groups -OCH3 is 1. The van der Waals surface area contributed by atoms with E-state index in [1.165, 1.54) is 7.11 Å². The van der Waals surface area contributed by atoms with Gasteiger partial charge in [-0.1, -0.05) is 48.4 Å². The monoisotopic (exact) mass is 384 g/mol. The quantitative estimate of drug-likeness (QED) is 0.370. The van der Waals surface area contributed by atoms with E-state index in [4.69, 9.17) is 11.6 Å². The number of ether oxygens (including phenoxy) is 1. The number of unbranched alkanes of at least 4 members (excludes halogenated alkanes) is 2. The maximum atomic E-state index is 12.6. The summed E-state index contributed by atoms with van der Waals surface area (Å²) in [6, 6.07) is 13.1. The van der Waals surface area contributed by atoms with Crippen molar-refractivity contribution in [2.45, 2.75) is 25.7 Å². The molecule has 6 heteroatoms. The molecule has 0 radical (unpaired) electrons. The van der Waals surface area contributed by atoms with Gasteiger partial charge in [0.15, 0.2) is 0 Å². The molecule has 3 rings (SSSR count). The lowest BCUT2D eigenvalue weighted by atomic mass is 10.1. The summed E-state index contributed by atoms with van der Waals surface area (Å²) in [6.07, 6.45) is 2.80. The SMILES string of the molecule is COC(=O)CCCCCNC(=O)c1cccc2c(Cl)c3ccccc3nc12. The van der Waals surface area contributed by atoms with Crippen molar-refractivity contribution in [1.82, 2.24) is 10.3 Å². The summed E-state index contributed by atoms with van der Waals surface area (Å²) >= 11 is 6.54. The second-order valence-electron chi connectivity index (χ2n) is 6.29. The van der Waals surface area contributed by atoms with Crippen molar-refractivity contribution in [1.29, 1.82) is 0 Å². The molecule has 1 N–H and O–H groups in total. The lowest BCUT2D eigenvalue weighted by Gasteiger charge is -2.10. The highest BCUT2D eigenvalue weighted by atomic mass is 35.5. The molecule has 1 aromatic heterocycles. The number of rotatable bonds is 7. The first-order chi connectivity index (χ1) is 13.1. The number of benzene rings is 2. The van der Waals surface area contributed by atoms with E-state index >= 15 is 0 Å². The zero-order chi connectivity index (χ0) is 19.2. The molecule has 0 atom stereocenters. The standard InChI is InChI=1S/C21H21ClN2O3/c1-27-18(25)12-3-2-6-13-23-21(26)16-10-7-9-15-19(22)14-8-4-5-11-17(14)24-20(15)16/h4-5,7-11H,2-3,6,12-13H2,1H3,(H,23,26). The zero-order valence-electron chi connectivity index (χ0n) is 15.1. The number of carbonyl (C=O) groups excluding carboxylic acids is 2. The molecule has 0 saturated carbocycles. The number of hydrogen-bond donors (Lipinski definition) is 1. The van der Waals surface area contributed by atoms with Gasteiger partial charge in [0.25, 0.3) is 5.91 Å². The Morgan fingerprint density at radius 3 is 2.63 bits per heavy atom. The van der Waals surface area contributed by atoms with E-state index < -0.39 is 0 Å². The Bertz CT molecular complexity index is 988. The summed E-state index contributed by atoms with van der Waals surface area (Å²) in [4.78, 5) is 28.3. The van der Waals surface area contributed by atoms with Crippen LogP contribution in [0.2, 0.25) is 5.02 Å². The Balaban J connectivity index is 1.71. The van der Waals surface area contributed by atoms with E-state index in [1.807, 2.05) is 36.4 Å². The van der Waals surface area contributed by atoms with Crippen molar-refractivity contribution < 1.29 is 14.3 Å². The molecule has 140 valence electrons. The molecule has 0 fully saturated rings. The van der Waals surface area contributed by atoms with Gasteiger partial charge in [0.05, 0.1) is 28.7 Å². The van der Waals surface area contributed by atoms with Crippen LogP contribution in [0.15, 0.2) is 42.5 Å². The lowest BCUT2D eigenvalue weighted by molar-refractivity contribution is -0.140. The van der Waals surface area contributed by atoms with Crippen LogP contribution in [0.4, 0.5) is 0 Å². The first-order valence-corrected chi connectivity index (χ1v) is 9.31. The summed E-state index contributed by atoms with van der Waals surface area (Å²) in [6.45, 7) is 0.539. The van der Waals surface area contributed by atoms with Crippen LogP contribution in [-0.4, -0.2) is 30.5 Å². The van der Waals surface area contributed by atoms with Crippen molar-refractivity contribution in [3.8, 4) is 0 Å². The molecule has 0 saturated heterocycles. The van der Waals surface area contributed by atoms with Crippen LogP contribution < -0.4 is 5.32 Å². The Hall–Kier alpha value is -2.66. The van der Waals surface area contributed by atoms with Crippen LogP contribution in [0.1, 0.15) is 36.0 Å². The maximum absolute atomic E-state index is 12.6. The lowest BCUT2D eigenvalue weighted by Crippen LogP contribution is -2.24. The van der Waals surface area contributed by atoms with Gasteiger partial charge >= 0.3 is 5.97 Å². The number of amides is 1. The summed E-state index contributed by atoms with van der Waals surface area (Å²) in [5.74, 6) is -0.377. The Morgan fingerprint density at radius 1 is 1.04 bits per heavy atom. The first kappa shape index (κ1) is 19.1. The fraction of sp³-hybridized carbons (Fsp3) is 0.286. The van der Waals surface area contributed by atoms with Crippen LogP contribution in [0.25, 0.3) is 21.8 Å². The van der Waals surface area contributed by atoms with Gasteiger partial charge in [-0.05, 0) is 25.0 Å². The Labute approximate surface area is 162 Å². The second-order valence-corrected chi connectivity index (χ2v) is 6.67. The molecule has 0 aliphatic rings. The van der Waals surface area contributed by atoms with Gasteiger partial charge in [0.2, 0.25) is 0 Å². The number of para-hydroxylation sites is 2. The smallest absolute Gasteiger partial charge is 0.305 e. The Kier molecular flexibility index (Phi) is 6.24. The number of nitrogens with zero attached hydrogens (tertiary/aromatic N) is 1. The molecule has 0 spiro atoms. The molecule has 0 aliphatic carbocycles. The number of carbonyl (C=O) groups is 2. The number of halogens is 1. The van der Waals surface area contributed by atoms with E-state index in [9.17, 15) is 9.59 Å². The molecular weight excluding hydrogens is 364 g/mol. The highest BCUT2D eigenvalue weighted by Gasteiger charge is 2.14. The molecule has 1 heterocycles. The zero-order valence-corrected chi connectivity index (χ0v) is 15.9. The molecule has 0 unspecified atom stereocenters. The molecule has 0 aliphatic heterocycles. The Morgan fingerprint density at radius 2 is 1.81 bits per heavy atom. The largest absolute Gasteiger partial charge is 0.469 e. The van der Waals surface area contributed by atoms with Gasteiger partial charge in [-0.3, -0.25) is 9.59 Å². The molecular formula is C21H21ClN2O3. The van der Waals surface area contributed by atoms with Gasteiger partial charge in [0, 0.05) is 23.7 Å². The van der Waals surface area contributed by atoms with E-state index in [0.29, 0.717) is 29.1 Å². The number of fused-ring (bicyclic) bond motifs is 2. The second kappa shape index (κ2) is 8.82. The minimum absolute atomic E-state index is 0.174. The van der Waals surface area contributed by atoms with Gasteiger partial charge in [-0.25, -0.2) is 4.98 Å².